The van der Waals surface area contributed by atoms with Crippen molar-refractivity contribution in [3.63, 3.8) is 0 Å². The van der Waals surface area contributed by atoms with E-state index in [0.717, 1.165) is 5.56 Å². The molecule has 0 aliphatic carbocycles. The average molecular weight is 326 g/mol. The van der Waals surface area contributed by atoms with Crippen molar-refractivity contribution in [3.8, 4) is 0 Å². The second kappa shape index (κ2) is 8.03. The molecule has 1 fully saturated rings. The van der Waals surface area contributed by atoms with Crippen LogP contribution in [0.5, 0.6) is 0 Å². The van der Waals surface area contributed by atoms with Gasteiger partial charge in [0.1, 0.15) is 6.04 Å². The molecule has 0 bridgehead atoms. The number of aryl methyl sites for hydroxylation is 1. The maximum atomic E-state index is 12.1. The summed E-state index contributed by atoms with van der Waals surface area (Å²) in [4.78, 5) is 25.9. The van der Waals surface area contributed by atoms with Gasteiger partial charge in [-0.05, 0) is 38.3 Å². The normalized spacial score (nSPS) is 17.5. The molecule has 0 radical (unpaired) electrons. The standard InChI is InChI=1S/C16H23N3O2.ClH/c1-11(2)19-10-9-14(16(19)21)18-15(20)8-7-12-5-3-4-6-13(12)17;/h3-6,11,14H,7-10,17H2,1-2H3,(H,18,20);1H. The monoisotopic (exact) mass is 325 g/mol. The maximum absolute atomic E-state index is 12.1. The zero-order valence-corrected chi connectivity index (χ0v) is 13.9. The van der Waals surface area contributed by atoms with Crippen molar-refractivity contribution >= 4 is 29.9 Å². The third-order valence-electron chi connectivity index (χ3n) is 3.87. The van der Waals surface area contributed by atoms with Crippen molar-refractivity contribution in [2.75, 3.05) is 12.3 Å². The number of carbonyl (C=O) groups excluding carboxylic acids is 2. The van der Waals surface area contributed by atoms with E-state index >= 15 is 0 Å². The van der Waals surface area contributed by atoms with Crippen molar-refractivity contribution in [3.05, 3.63) is 29.8 Å². The molecular weight excluding hydrogens is 302 g/mol. The number of carbonyl (C=O) groups is 2. The van der Waals surface area contributed by atoms with E-state index in [-0.39, 0.29) is 36.3 Å². The zero-order chi connectivity index (χ0) is 15.4. The van der Waals surface area contributed by atoms with Crippen molar-refractivity contribution in [2.45, 2.75) is 45.2 Å². The molecule has 3 N–H and O–H groups in total. The minimum absolute atomic E-state index is 0. The lowest BCUT2D eigenvalue weighted by molar-refractivity contribution is -0.133. The van der Waals surface area contributed by atoms with Gasteiger partial charge in [0.15, 0.2) is 0 Å². The van der Waals surface area contributed by atoms with E-state index in [9.17, 15) is 9.59 Å². The number of nitrogens with two attached hydrogens (primary N) is 1. The van der Waals surface area contributed by atoms with Gasteiger partial charge in [0.25, 0.3) is 0 Å². The Morgan fingerprint density at radius 3 is 2.68 bits per heavy atom. The highest BCUT2D eigenvalue weighted by Gasteiger charge is 2.33. The second-order valence-corrected chi connectivity index (χ2v) is 5.73. The Morgan fingerprint density at radius 1 is 1.41 bits per heavy atom. The van der Waals surface area contributed by atoms with Crippen molar-refractivity contribution < 1.29 is 9.59 Å². The maximum Gasteiger partial charge on any atom is 0.245 e. The van der Waals surface area contributed by atoms with Crippen LogP contribution in [-0.4, -0.2) is 35.3 Å². The number of halogens is 1. The number of nitrogen functional groups attached to an aromatic ring is 1. The molecule has 1 aromatic carbocycles. The Hall–Kier alpha value is -1.75. The summed E-state index contributed by atoms with van der Waals surface area (Å²) >= 11 is 0. The van der Waals surface area contributed by atoms with Gasteiger partial charge in [0.2, 0.25) is 11.8 Å². The number of nitrogens with one attached hydrogen (secondary N) is 1. The van der Waals surface area contributed by atoms with Crippen LogP contribution in [0.1, 0.15) is 32.3 Å². The number of benzene rings is 1. The van der Waals surface area contributed by atoms with Crippen LogP contribution < -0.4 is 11.1 Å². The van der Waals surface area contributed by atoms with Crippen LogP contribution in [0, 0.1) is 0 Å². The van der Waals surface area contributed by atoms with Gasteiger partial charge in [-0.2, -0.15) is 0 Å². The third-order valence-corrected chi connectivity index (χ3v) is 3.87. The van der Waals surface area contributed by atoms with Gasteiger partial charge in [0.05, 0.1) is 0 Å². The average Bonchev–Trinajstić information content (AvgIpc) is 2.79. The smallest absolute Gasteiger partial charge is 0.245 e. The molecule has 1 aliphatic heterocycles. The molecule has 1 aliphatic rings. The molecule has 6 heteroatoms. The molecule has 0 saturated carbocycles. The molecule has 1 unspecified atom stereocenters. The predicted molar refractivity (Wildman–Crippen MR) is 89.8 cm³/mol. The minimum Gasteiger partial charge on any atom is -0.399 e. The molecule has 2 rings (SSSR count). The van der Waals surface area contributed by atoms with Gasteiger partial charge in [-0.15, -0.1) is 12.4 Å². The Balaban J connectivity index is 0.00000242. The molecule has 5 nitrogen and oxygen atoms in total. The first-order valence-electron chi connectivity index (χ1n) is 7.42. The summed E-state index contributed by atoms with van der Waals surface area (Å²) in [5.74, 6) is -0.0696. The van der Waals surface area contributed by atoms with Gasteiger partial charge in [-0.3, -0.25) is 9.59 Å². The van der Waals surface area contributed by atoms with Crippen LogP contribution in [0.15, 0.2) is 24.3 Å². The summed E-state index contributed by atoms with van der Waals surface area (Å²) in [5, 5.41) is 2.83. The van der Waals surface area contributed by atoms with Crippen molar-refractivity contribution in [2.24, 2.45) is 0 Å². The fourth-order valence-corrected chi connectivity index (χ4v) is 2.63. The first-order chi connectivity index (χ1) is 9.99. The van der Waals surface area contributed by atoms with E-state index in [4.69, 9.17) is 5.73 Å². The quantitative estimate of drug-likeness (QED) is 0.810. The van der Waals surface area contributed by atoms with E-state index in [2.05, 4.69) is 5.32 Å². The summed E-state index contributed by atoms with van der Waals surface area (Å²) in [7, 11) is 0. The summed E-state index contributed by atoms with van der Waals surface area (Å²) in [6.07, 6.45) is 1.63. The largest absolute Gasteiger partial charge is 0.399 e. The molecule has 1 heterocycles. The number of likely N-dealkylation sites (tertiary alicyclic amines) is 1. The molecule has 1 saturated heterocycles. The number of para-hydroxylation sites is 1. The summed E-state index contributed by atoms with van der Waals surface area (Å²) in [6.45, 7) is 4.69. The van der Waals surface area contributed by atoms with E-state index in [1.165, 1.54) is 0 Å². The summed E-state index contributed by atoms with van der Waals surface area (Å²) in [5.41, 5.74) is 7.52. The Bertz CT molecular complexity index is 534. The van der Waals surface area contributed by atoms with Crippen molar-refractivity contribution in [1.82, 2.24) is 10.2 Å². The lowest BCUT2D eigenvalue weighted by atomic mass is 10.1. The van der Waals surface area contributed by atoms with Crippen LogP contribution in [0.3, 0.4) is 0 Å². The van der Waals surface area contributed by atoms with Crippen LogP contribution in [0.25, 0.3) is 0 Å². The molecule has 22 heavy (non-hydrogen) atoms. The molecule has 1 aromatic rings. The molecule has 0 aromatic heterocycles. The lowest BCUT2D eigenvalue weighted by Gasteiger charge is -2.21. The van der Waals surface area contributed by atoms with Gasteiger partial charge >= 0.3 is 0 Å². The molecule has 122 valence electrons. The zero-order valence-electron chi connectivity index (χ0n) is 13.0. The first kappa shape index (κ1) is 18.3. The molecule has 1 atom stereocenters. The van der Waals surface area contributed by atoms with E-state index in [1.807, 2.05) is 38.1 Å². The SMILES string of the molecule is CC(C)N1CCC(NC(=O)CCc2ccccc2N)C1=O.Cl. The minimum atomic E-state index is -0.368. The van der Waals surface area contributed by atoms with Gasteiger partial charge in [-0.1, -0.05) is 18.2 Å². The second-order valence-electron chi connectivity index (χ2n) is 5.73. The number of hydrogen-bond acceptors (Lipinski definition) is 3. The van der Waals surface area contributed by atoms with Gasteiger partial charge in [0, 0.05) is 24.7 Å². The van der Waals surface area contributed by atoms with Gasteiger partial charge < -0.3 is 16.0 Å². The number of amides is 2. The van der Waals surface area contributed by atoms with Crippen LogP contribution >= 0.6 is 12.4 Å². The highest BCUT2D eigenvalue weighted by Crippen LogP contribution is 2.15. The first-order valence-corrected chi connectivity index (χ1v) is 7.42. The predicted octanol–water partition coefficient (Wildman–Crippen LogP) is 1.75. The molecular formula is C16H24ClN3O2. The van der Waals surface area contributed by atoms with Crippen LogP contribution in [0.4, 0.5) is 5.69 Å². The molecule has 0 spiro atoms. The van der Waals surface area contributed by atoms with Crippen LogP contribution in [0.2, 0.25) is 0 Å². The number of anilines is 1. The molecule has 2 amide bonds. The number of nitrogens with zero attached hydrogens (tertiary/aromatic N) is 1. The third kappa shape index (κ3) is 4.37. The highest BCUT2D eigenvalue weighted by molar-refractivity contribution is 5.89. The topological polar surface area (TPSA) is 75.4 Å². The fraction of sp³-hybridized carbons (Fsp3) is 0.500. The summed E-state index contributed by atoms with van der Waals surface area (Å²) in [6, 6.07) is 7.34. The van der Waals surface area contributed by atoms with E-state index < -0.39 is 0 Å². The fourth-order valence-electron chi connectivity index (χ4n) is 2.63. The van der Waals surface area contributed by atoms with Crippen molar-refractivity contribution in [1.29, 1.82) is 0 Å². The Kier molecular flexibility index (Phi) is 6.68. The Morgan fingerprint density at radius 2 is 2.09 bits per heavy atom. The van der Waals surface area contributed by atoms with E-state index in [0.29, 0.717) is 31.5 Å². The van der Waals surface area contributed by atoms with E-state index in [1.54, 1.807) is 4.90 Å². The summed E-state index contributed by atoms with van der Waals surface area (Å²) < 4.78 is 0. The Labute approximate surface area is 137 Å². The number of rotatable bonds is 5. The lowest BCUT2D eigenvalue weighted by Crippen LogP contribution is -2.43. The highest BCUT2D eigenvalue weighted by atomic mass is 35.5. The number of hydrogen-bond donors (Lipinski definition) is 2. The van der Waals surface area contributed by atoms with Gasteiger partial charge in [-0.25, -0.2) is 0 Å². The van der Waals surface area contributed by atoms with Crippen LogP contribution in [-0.2, 0) is 16.0 Å².